The van der Waals surface area contributed by atoms with Crippen molar-refractivity contribution in [3.63, 3.8) is 0 Å². The first-order valence-electron chi connectivity index (χ1n) is 8.79. The molecule has 0 unspecified atom stereocenters. The van der Waals surface area contributed by atoms with E-state index in [1.807, 2.05) is 0 Å². The molecule has 4 aromatic rings. The van der Waals surface area contributed by atoms with Crippen LogP contribution in [0.1, 0.15) is 9.68 Å². The number of ether oxygens (including phenoxy) is 1. The molecule has 0 atom stereocenters. The fourth-order valence-corrected chi connectivity index (χ4v) is 2.80. The molecule has 0 fully saturated rings. The van der Waals surface area contributed by atoms with Gasteiger partial charge in [0.25, 0.3) is 5.56 Å². The van der Waals surface area contributed by atoms with Gasteiger partial charge in [0.2, 0.25) is 0 Å². The lowest BCUT2D eigenvalue weighted by molar-refractivity contribution is 0.282. The Balaban J connectivity index is 1.98. The number of rotatable bonds is 3. The first kappa shape index (κ1) is 11.4. The van der Waals surface area contributed by atoms with Crippen molar-refractivity contribution in [2.45, 2.75) is 6.61 Å². The third-order valence-corrected chi connectivity index (χ3v) is 3.99. The van der Waals surface area contributed by atoms with E-state index >= 15 is 0 Å². The number of aromatic nitrogens is 3. The number of nitrogens with one attached hydrogen (secondary N) is 1. The second-order valence-electron chi connectivity index (χ2n) is 5.38. The number of pyridine rings is 1. The van der Waals surface area contributed by atoms with E-state index < -0.39 is 7.04 Å². The molecule has 0 bridgehead atoms. The van der Waals surface area contributed by atoms with E-state index in [-0.39, 0.29) is 23.6 Å². The minimum absolute atomic E-state index is 0.0551. The summed E-state index contributed by atoms with van der Waals surface area (Å²) < 4.78 is 28.2. The number of hydrogen-bond donors (Lipinski definition) is 2. The summed E-state index contributed by atoms with van der Waals surface area (Å²) in [4.78, 5) is 17.2. The smallest absolute Gasteiger partial charge is 0.280 e. The zero-order chi connectivity index (χ0) is 19.2. The van der Waals surface area contributed by atoms with Crippen LogP contribution in [0.5, 0.6) is 5.75 Å². The number of benzene rings is 2. The summed E-state index contributed by atoms with van der Waals surface area (Å²) in [5.41, 5.74) is 1.80. The standard InChI is InChI=1S/C18H15N3O3/c1-24-16-5-3-2-4-15(16)21-18(23)13-9-19-14-7-6-11(10-22)8-12(14)17(13)20-21/h2-9,20,22H,10H2,1H3/i1D3. The Morgan fingerprint density at radius 3 is 3.00 bits per heavy atom. The van der Waals surface area contributed by atoms with Crippen LogP contribution in [0.25, 0.3) is 27.5 Å². The van der Waals surface area contributed by atoms with E-state index in [0.29, 0.717) is 27.4 Å². The van der Waals surface area contributed by atoms with Gasteiger partial charge in [-0.3, -0.25) is 14.9 Å². The Bertz CT molecular complexity index is 1210. The van der Waals surface area contributed by atoms with Crippen molar-refractivity contribution < 1.29 is 14.0 Å². The van der Waals surface area contributed by atoms with E-state index in [0.717, 1.165) is 0 Å². The van der Waals surface area contributed by atoms with Gasteiger partial charge in [0, 0.05) is 11.6 Å². The molecular weight excluding hydrogens is 306 g/mol. The summed E-state index contributed by atoms with van der Waals surface area (Å²) in [6.07, 6.45) is 1.47. The van der Waals surface area contributed by atoms with Crippen LogP contribution >= 0.6 is 0 Å². The van der Waals surface area contributed by atoms with Crippen molar-refractivity contribution in [1.82, 2.24) is 14.8 Å². The number of aliphatic hydroxyl groups excluding tert-OH is 1. The molecule has 6 heteroatoms. The Morgan fingerprint density at radius 1 is 1.29 bits per heavy atom. The van der Waals surface area contributed by atoms with E-state index in [9.17, 15) is 9.90 Å². The maximum absolute atomic E-state index is 12.9. The number of hydrogen-bond acceptors (Lipinski definition) is 4. The molecule has 2 aromatic heterocycles. The molecule has 2 N–H and O–H groups in total. The van der Waals surface area contributed by atoms with Gasteiger partial charge in [0.05, 0.1) is 34.2 Å². The van der Waals surface area contributed by atoms with Crippen molar-refractivity contribution in [3.8, 4) is 11.4 Å². The molecule has 0 spiro atoms. The van der Waals surface area contributed by atoms with Gasteiger partial charge in [-0.2, -0.15) is 0 Å². The Kier molecular flexibility index (Phi) is 2.62. The van der Waals surface area contributed by atoms with Crippen LogP contribution in [0.2, 0.25) is 0 Å². The average Bonchev–Trinajstić information content (AvgIpc) is 2.97. The van der Waals surface area contributed by atoms with Gasteiger partial charge < -0.3 is 9.84 Å². The Morgan fingerprint density at radius 2 is 2.17 bits per heavy atom. The van der Waals surface area contributed by atoms with Gasteiger partial charge in [-0.15, -0.1) is 0 Å². The number of H-pyrrole nitrogens is 1. The molecule has 2 aromatic carbocycles. The van der Waals surface area contributed by atoms with Crippen molar-refractivity contribution in [3.05, 3.63) is 64.6 Å². The zero-order valence-corrected chi connectivity index (χ0v) is 12.5. The van der Waals surface area contributed by atoms with Gasteiger partial charge in [0.15, 0.2) is 0 Å². The minimum atomic E-state index is -2.64. The highest BCUT2D eigenvalue weighted by molar-refractivity contribution is 6.03. The van der Waals surface area contributed by atoms with Crippen LogP contribution in [0.3, 0.4) is 0 Å². The molecule has 24 heavy (non-hydrogen) atoms. The van der Waals surface area contributed by atoms with Gasteiger partial charge in [-0.25, -0.2) is 4.68 Å². The minimum Gasteiger partial charge on any atom is -0.494 e. The van der Waals surface area contributed by atoms with Crippen LogP contribution in [-0.2, 0) is 6.61 Å². The SMILES string of the molecule is [2H]C([2H])([2H])Oc1ccccc1-n1[nH]c2c(cnc3ccc(CO)cc32)c1=O. The fraction of sp³-hybridized carbons (Fsp3) is 0.111. The number of nitrogens with zero attached hydrogens (tertiary/aromatic N) is 2. The first-order chi connectivity index (χ1) is 12.9. The van der Waals surface area contributed by atoms with Crippen LogP contribution in [0.4, 0.5) is 0 Å². The van der Waals surface area contributed by atoms with Gasteiger partial charge in [-0.1, -0.05) is 18.2 Å². The molecule has 2 heterocycles. The third-order valence-electron chi connectivity index (χ3n) is 3.99. The van der Waals surface area contributed by atoms with Gasteiger partial charge in [-0.05, 0) is 29.8 Å². The Hall–Kier alpha value is -3.12. The molecule has 6 nitrogen and oxygen atoms in total. The second kappa shape index (κ2) is 5.50. The maximum Gasteiger partial charge on any atom is 0.280 e. The van der Waals surface area contributed by atoms with Crippen LogP contribution in [-0.4, -0.2) is 26.9 Å². The summed E-state index contributed by atoms with van der Waals surface area (Å²) in [7, 11) is -2.64. The lowest BCUT2D eigenvalue weighted by atomic mass is 10.1. The Labute approximate surface area is 141 Å². The van der Waals surface area contributed by atoms with Crippen LogP contribution in [0, 0.1) is 0 Å². The van der Waals surface area contributed by atoms with E-state index in [2.05, 4.69) is 10.1 Å². The molecular formula is C18H15N3O3. The number of fused-ring (bicyclic) bond motifs is 3. The van der Waals surface area contributed by atoms with Crippen molar-refractivity contribution in [1.29, 1.82) is 0 Å². The van der Waals surface area contributed by atoms with Gasteiger partial charge >= 0.3 is 0 Å². The predicted octanol–water partition coefficient (Wildman–Crippen LogP) is 2.37. The lowest BCUT2D eigenvalue weighted by Crippen LogP contribution is -2.15. The first-order valence-corrected chi connectivity index (χ1v) is 7.29. The lowest BCUT2D eigenvalue weighted by Gasteiger charge is -2.07. The van der Waals surface area contributed by atoms with Gasteiger partial charge in [0.1, 0.15) is 11.4 Å². The summed E-state index contributed by atoms with van der Waals surface area (Å²) in [5.74, 6) is 0.0551. The molecule has 0 aliphatic heterocycles. The molecule has 4 rings (SSSR count). The zero-order valence-electron chi connectivity index (χ0n) is 15.5. The molecule has 0 aliphatic rings. The van der Waals surface area contributed by atoms with Crippen molar-refractivity contribution >= 4 is 21.8 Å². The quantitative estimate of drug-likeness (QED) is 0.606. The van der Waals surface area contributed by atoms with E-state index in [1.165, 1.54) is 16.9 Å². The molecule has 0 radical (unpaired) electrons. The molecule has 0 saturated heterocycles. The topological polar surface area (TPSA) is 80.1 Å². The van der Waals surface area contributed by atoms with E-state index in [4.69, 9.17) is 8.85 Å². The highest BCUT2D eigenvalue weighted by atomic mass is 16.5. The summed E-state index contributed by atoms with van der Waals surface area (Å²) in [6.45, 7) is -0.132. The normalized spacial score (nSPS) is 13.6. The summed E-state index contributed by atoms with van der Waals surface area (Å²) in [5, 5.41) is 13.4. The van der Waals surface area contributed by atoms with Crippen LogP contribution < -0.4 is 10.3 Å². The fourth-order valence-electron chi connectivity index (χ4n) is 2.80. The maximum atomic E-state index is 12.9. The molecule has 120 valence electrons. The highest BCUT2D eigenvalue weighted by Gasteiger charge is 2.14. The largest absolute Gasteiger partial charge is 0.494 e. The molecule has 0 aliphatic carbocycles. The van der Waals surface area contributed by atoms with E-state index in [1.54, 1.807) is 36.4 Å². The predicted molar refractivity (Wildman–Crippen MR) is 91.7 cm³/mol. The second-order valence-corrected chi connectivity index (χ2v) is 5.38. The van der Waals surface area contributed by atoms with Crippen molar-refractivity contribution in [2.24, 2.45) is 0 Å². The number of aliphatic hydroxyl groups is 1. The third kappa shape index (κ3) is 2.08. The number of aromatic amines is 1. The summed E-state index contributed by atoms with van der Waals surface area (Å²) in [6, 6.07) is 11.7. The summed E-state index contributed by atoms with van der Waals surface area (Å²) >= 11 is 0. The number of para-hydroxylation sites is 2. The monoisotopic (exact) mass is 324 g/mol. The average molecular weight is 324 g/mol. The van der Waals surface area contributed by atoms with Crippen LogP contribution in [0.15, 0.2) is 53.5 Å². The molecule has 0 amide bonds. The molecule has 0 saturated carbocycles. The number of methoxy groups -OCH3 is 1. The van der Waals surface area contributed by atoms with Crippen molar-refractivity contribution in [2.75, 3.05) is 7.04 Å². The highest BCUT2D eigenvalue weighted by Crippen LogP contribution is 2.25.